The normalized spacial score (nSPS) is 17.1. The van der Waals surface area contributed by atoms with Crippen molar-refractivity contribution in [3.8, 4) is 0 Å². The maximum atomic E-state index is 12.8. The van der Waals surface area contributed by atoms with Crippen molar-refractivity contribution >= 4 is 29.2 Å². The lowest BCUT2D eigenvalue weighted by Crippen LogP contribution is -2.40. The fourth-order valence-electron chi connectivity index (χ4n) is 3.75. The van der Waals surface area contributed by atoms with Crippen molar-refractivity contribution in [3.63, 3.8) is 0 Å². The molecule has 2 aliphatic rings. The molecule has 1 aliphatic carbocycles. The fraction of sp³-hybridized carbons (Fsp3) is 0.300. The number of fused-ring (bicyclic) bond motifs is 1. The van der Waals surface area contributed by atoms with E-state index in [0.29, 0.717) is 28.2 Å². The zero-order valence-electron chi connectivity index (χ0n) is 14.8. The molecule has 7 nitrogen and oxygen atoms in total. The van der Waals surface area contributed by atoms with Gasteiger partial charge in [0.25, 0.3) is 17.7 Å². The highest BCUT2D eigenvalue weighted by atomic mass is 16.2. The minimum atomic E-state index is -0.374. The van der Waals surface area contributed by atoms with Crippen LogP contribution < -0.4 is 11.1 Å². The molecule has 1 aliphatic heterocycles. The van der Waals surface area contributed by atoms with E-state index >= 15 is 0 Å². The fourth-order valence-corrected chi connectivity index (χ4v) is 3.75. The number of nitrogens with one attached hydrogen (secondary N) is 1. The summed E-state index contributed by atoms with van der Waals surface area (Å²) in [5, 5.41) is 2.71. The molecular formula is C20H20N4O3. The molecule has 1 saturated carbocycles. The second-order valence-corrected chi connectivity index (χ2v) is 6.96. The second-order valence-electron chi connectivity index (χ2n) is 6.96. The molecular weight excluding hydrogens is 344 g/mol. The van der Waals surface area contributed by atoms with Crippen LogP contribution in [0.4, 0.5) is 11.5 Å². The molecule has 1 aromatic carbocycles. The van der Waals surface area contributed by atoms with Crippen molar-refractivity contribution in [3.05, 3.63) is 53.2 Å². The van der Waals surface area contributed by atoms with Crippen LogP contribution in [0, 0.1) is 0 Å². The number of rotatable bonds is 3. The van der Waals surface area contributed by atoms with Gasteiger partial charge in [-0.15, -0.1) is 0 Å². The predicted octanol–water partition coefficient (Wildman–Crippen LogP) is 2.84. The van der Waals surface area contributed by atoms with Crippen molar-refractivity contribution in [2.24, 2.45) is 0 Å². The summed E-state index contributed by atoms with van der Waals surface area (Å²) in [6.45, 7) is 0. The number of anilines is 2. The molecule has 7 heteroatoms. The number of aromatic nitrogens is 1. The number of hydrogen-bond acceptors (Lipinski definition) is 5. The third kappa shape index (κ3) is 3.16. The summed E-state index contributed by atoms with van der Waals surface area (Å²) in [5.74, 6) is -0.569. The topological polar surface area (TPSA) is 105 Å². The van der Waals surface area contributed by atoms with Gasteiger partial charge >= 0.3 is 0 Å². The van der Waals surface area contributed by atoms with Crippen LogP contribution >= 0.6 is 0 Å². The summed E-state index contributed by atoms with van der Waals surface area (Å²) in [4.78, 5) is 43.3. The van der Waals surface area contributed by atoms with Crippen molar-refractivity contribution in [1.82, 2.24) is 9.88 Å². The number of imide groups is 1. The van der Waals surface area contributed by atoms with Gasteiger partial charge < -0.3 is 11.1 Å². The van der Waals surface area contributed by atoms with Gasteiger partial charge in [-0.2, -0.15) is 0 Å². The molecule has 2 heterocycles. The maximum Gasteiger partial charge on any atom is 0.261 e. The highest BCUT2D eigenvalue weighted by molar-refractivity contribution is 6.22. The van der Waals surface area contributed by atoms with E-state index in [4.69, 9.17) is 5.73 Å². The molecule has 3 amide bonds. The SMILES string of the molecule is Nc1ccc(NC(=O)c2ccc3c(c2)C(=O)N(C2CCCCC2)C3=O)cn1. The highest BCUT2D eigenvalue weighted by Gasteiger charge is 2.40. The Balaban J connectivity index is 1.57. The van der Waals surface area contributed by atoms with Crippen LogP contribution in [0.2, 0.25) is 0 Å². The number of benzene rings is 1. The third-order valence-corrected chi connectivity index (χ3v) is 5.16. The van der Waals surface area contributed by atoms with Gasteiger partial charge in [-0.1, -0.05) is 19.3 Å². The van der Waals surface area contributed by atoms with Crippen molar-refractivity contribution in [2.45, 2.75) is 38.1 Å². The van der Waals surface area contributed by atoms with Crippen LogP contribution in [-0.4, -0.2) is 33.6 Å². The van der Waals surface area contributed by atoms with Crippen molar-refractivity contribution in [1.29, 1.82) is 0 Å². The summed E-state index contributed by atoms with van der Waals surface area (Å²) >= 11 is 0. The molecule has 0 saturated heterocycles. The van der Waals surface area contributed by atoms with E-state index in [2.05, 4.69) is 10.3 Å². The molecule has 0 unspecified atom stereocenters. The average Bonchev–Trinajstić information content (AvgIpc) is 2.94. The first-order valence-corrected chi connectivity index (χ1v) is 9.09. The van der Waals surface area contributed by atoms with E-state index in [1.54, 1.807) is 24.3 Å². The van der Waals surface area contributed by atoms with Crippen molar-refractivity contribution < 1.29 is 14.4 Å². The van der Waals surface area contributed by atoms with Crippen LogP contribution in [0.3, 0.4) is 0 Å². The van der Waals surface area contributed by atoms with E-state index in [1.807, 2.05) is 0 Å². The number of carbonyl (C=O) groups excluding carboxylic acids is 3. The zero-order chi connectivity index (χ0) is 19.0. The van der Waals surface area contributed by atoms with Crippen molar-refractivity contribution in [2.75, 3.05) is 11.1 Å². The third-order valence-electron chi connectivity index (χ3n) is 5.16. The number of amides is 3. The van der Waals surface area contributed by atoms with Gasteiger partial charge in [0.1, 0.15) is 5.82 Å². The van der Waals surface area contributed by atoms with E-state index in [1.165, 1.54) is 17.2 Å². The molecule has 4 rings (SSSR count). The van der Waals surface area contributed by atoms with Crippen LogP contribution in [0.15, 0.2) is 36.5 Å². The van der Waals surface area contributed by atoms with E-state index < -0.39 is 0 Å². The van der Waals surface area contributed by atoms with E-state index in [-0.39, 0.29) is 23.8 Å². The smallest absolute Gasteiger partial charge is 0.261 e. The Morgan fingerprint density at radius 2 is 1.78 bits per heavy atom. The first kappa shape index (κ1) is 17.2. The van der Waals surface area contributed by atoms with Gasteiger partial charge in [0, 0.05) is 11.6 Å². The number of nitrogens with zero attached hydrogens (tertiary/aromatic N) is 2. The molecule has 3 N–H and O–H groups in total. The number of nitrogens with two attached hydrogens (primary N) is 1. The Morgan fingerprint density at radius 3 is 2.48 bits per heavy atom. The van der Waals surface area contributed by atoms with Gasteiger partial charge in [-0.3, -0.25) is 19.3 Å². The largest absolute Gasteiger partial charge is 0.384 e. The van der Waals surface area contributed by atoms with Gasteiger partial charge in [-0.05, 0) is 43.2 Å². The van der Waals surface area contributed by atoms with Gasteiger partial charge in [-0.25, -0.2) is 4.98 Å². The summed E-state index contributed by atoms with van der Waals surface area (Å²) in [6, 6.07) is 7.82. The molecule has 27 heavy (non-hydrogen) atoms. The summed E-state index contributed by atoms with van der Waals surface area (Å²) in [5.41, 5.74) is 7.02. The molecule has 2 aromatic rings. The number of nitrogen functional groups attached to an aromatic ring is 1. The quantitative estimate of drug-likeness (QED) is 0.815. The van der Waals surface area contributed by atoms with E-state index in [0.717, 1.165) is 32.1 Å². The monoisotopic (exact) mass is 364 g/mol. The Hall–Kier alpha value is -3.22. The molecule has 0 bridgehead atoms. The minimum absolute atomic E-state index is 0.0377. The molecule has 1 fully saturated rings. The lowest BCUT2D eigenvalue weighted by Gasteiger charge is -2.29. The first-order chi connectivity index (χ1) is 13.0. The van der Waals surface area contributed by atoms with Crippen LogP contribution in [-0.2, 0) is 0 Å². The zero-order valence-corrected chi connectivity index (χ0v) is 14.8. The average molecular weight is 364 g/mol. The van der Waals surface area contributed by atoms with Gasteiger partial charge in [0.2, 0.25) is 0 Å². The maximum absolute atomic E-state index is 12.8. The molecule has 0 atom stereocenters. The minimum Gasteiger partial charge on any atom is -0.384 e. The lowest BCUT2D eigenvalue weighted by molar-refractivity contribution is 0.0549. The van der Waals surface area contributed by atoms with Gasteiger partial charge in [0.05, 0.1) is 23.0 Å². The molecule has 0 spiro atoms. The molecule has 138 valence electrons. The Morgan fingerprint density at radius 1 is 1.04 bits per heavy atom. The number of hydrogen-bond donors (Lipinski definition) is 2. The Kier molecular flexibility index (Phi) is 4.35. The second kappa shape index (κ2) is 6.83. The number of pyridine rings is 1. The summed E-state index contributed by atoms with van der Waals surface area (Å²) < 4.78 is 0. The Bertz CT molecular complexity index is 917. The van der Waals surface area contributed by atoms with E-state index in [9.17, 15) is 14.4 Å². The Labute approximate surface area is 156 Å². The summed E-state index contributed by atoms with van der Waals surface area (Å²) in [7, 11) is 0. The lowest BCUT2D eigenvalue weighted by atomic mass is 9.94. The standard InChI is InChI=1S/C20H20N4O3/c21-17-9-7-13(11-22-17)23-18(25)12-6-8-15-16(10-12)20(27)24(19(15)26)14-4-2-1-3-5-14/h6-11,14H,1-5H2,(H2,21,22)(H,23,25). The summed E-state index contributed by atoms with van der Waals surface area (Å²) in [6.07, 6.45) is 6.36. The number of carbonyl (C=O) groups is 3. The van der Waals surface area contributed by atoms with Crippen LogP contribution in [0.1, 0.15) is 63.2 Å². The highest BCUT2D eigenvalue weighted by Crippen LogP contribution is 2.31. The molecule has 0 radical (unpaired) electrons. The molecule has 1 aromatic heterocycles. The predicted molar refractivity (Wildman–Crippen MR) is 100 cm³/mol. The van der Waals surface area contributed by atoms with Crippen LogP contribution in [0.5, 0.6) is 0 Å². The first-order valence-electron chi connectivity index (χ1n) is 9.09. The van der Waals surface area contributed by atoms with Crippen LogP contribution in [0.25, 0.3) is 0 Å². The van der Waals surface area contributed by atoms with Gasteiger partial charge in [0.15, 0.2) is 0 Å².